The van der Waals surface area contributed by atoms with Crippen LogP contribution in [0.5, 0.6) is 5.75 Å². The molecule has 1 aliphatic rings. The molecule has 1 N–H and O–H groups in total. The molecule has 1 aliphatic heterocycles. The molecule has 1 heterocycles. The van der Waals surface area contributed by atoms with E-state index in [1.165, 1.54) is 22.5 Å². The summed E-state index contributed by atoms with van der Waals surface area (Å²) in [5.41, 5.74) is 1.49. The maximum atomic E-state index is 14.2. The lowest BCUT2D eigenvalue weighted by molar-refractivity contribution is 0.0729. The Morgan fingerprint density at radius 1 is 1.19 bits per heavy atom. The van der Waals surface area contributed by atoms with Gasteiger partial charge >= 0.3 is 0 Å². The van der Waals surface area contributed by atoms with E-state index in [0.29, 0.717) is 25.4 Å². The summed E-state index contributed by atoms with van der Waals surface area (Å²) in [4.78, 5) is -0.324. The Kier molecular flexibility index (Phi) is 5.75. The van der Waals surface area contributed by atoms with E-state index in [9.17, 15) is 12.8 Å². The number of nitrogens with one attached hydrogen (secondary N) is 1. The van der Waals surface area contributed by atoms with Crippen molar-refractivity contribution >= 4 is 15.7 Å². The van der Waals surface area contributed by atoms with Gasteiger partial charge in [0.05, 0.1) is 20.3 Å². The Bertz CT molecular complexity index is 867. The first-order valence-corrected chi connectivity index (χ1v) is 9.69. The van der Waals surface area contributed by atoms with Gasteiger partial charge in [0.25, 0.3) is 0 Å². The minimum Gasteiger partial charge on any atom is -0.497 e. The van der Waals surface area contributed by atoms with E-state index in [-0.39, 0.29) is 18.0 Å². The fourth-order valence-corrected chi connectivity index (χ4v) is 4.22. The number of sulfonamides is 1. The summed E-state index contributed by atoms with van der Waals surface area (Å²) in [6, 6.07) is 11.5. The summed E-state index contributed by atoms with van der Waals surface area (Å²) < 4.78 is 51.2. The number of hydrogen-bond donors (Lipinski definition) is 1. The summed E-state index contributed by atoms with van der Waals surface area (Å²) in [7, 11) is -2.30. The van der Waals surface area contributed by atoms with Crippen LogP contribution in [-0.2, 0) is 21.3 Å². The smallest absolute Gasteiger partial charge is 0.246 e. The molecular weight excluding hydrogens is 359 g/mol. The van der Waals surface area contributed by atoms with Gasteiger partial charge in [0, 0.05) is 25.3 Å². The predicted octanol–water partition coefficient (Wildman–Crippen LogP) is 2.47. The van der Waals surface area contributed by atoms with Crippen molar-refractivity contribution in [1.82, 2.24) is 4.31 Å². The monoisotopic (exact) mass is 380 g/mol. The normalized spacial score (nSPS) is 15.6. The highest BCUT2D eigenvalue weighted by molar-refractivity contribution is 7.89. The minimum atomic E-state index is -3.89. The number of anilines is 1. The van der Waals surface area contributed by atoms with E-state index in [1.807, 2.05) is 24.3 Å². The molecular formula is C18H21FN2O4S. The average molecular weight is 380 g/mol. The van der Waals surface area contributed by atoms with Crippen LogP contribution in [0.3, 0.4) is 0 Å². The van der Waals surface area contributed by atoms with Gasteiger partial charge in [-0.2, -0.15) is 4.31 Å². The molecule has 2 aromatic carbocycles. The third-order valence-corrected chi connectivity index (χ3v) is 6.06. The van der Waals surface area contributed by atoms with Crippen molar-refractivity contribution in [1.29, 1.82) is 0 Å². The van der Waals surface area contributed by atoms with E-state index < -0.39 is 15.8 Å². The van der Waals surface area contributed by atoms with Gasteiger partial charge in [-0.05, 0) is 35.9 Å². The van der Waals surface area contributed by atoms with Crippen molar-refractivity contribution < 1.29 is 22.3 Å². The number of ether oxygens (including phenoxy) is 2. The van der Waals surface area contributed by atoms with Crippen LogP contribution in [0.1, 0.15) is 5.56 Å². The van der Waals surface area contributed by atoms with Crippen LogP contribution in [0, 0.1) is 5.82 Å². The molecule has 1 saturated heterocycles. The highest BCUT2D eigenvalue weighted by Crippen LogP contribution is 2.24. The fraction of sp³-hybridized carbons (Fsp3) is 0.333. The van der Waals surface area contributed by atoms with Gasteiger partial charge in [0.2, 0.25) is 10.0 Å². The molecule has 6 nitrogen and oxygen atoms in total. The Morgan fingerprint density at radius 2 is 1.96 bits per heavy atom. The fourth-order valence-electron chi connectivity index (χ4n) is 2.72. The molecule has 0 spiro atoms. The Morgan fingerprint density at radius 3 is 2.69 bits per heavy atom. The van der Waals surface area contributed by atoms with E-state index in [4.69, 9.17) is 9.47 Å². The van der Waals surface area contributed by atoms with E-state index >= 15 is 0 Å². The number of methoxy groups -OCH3 is 1. The molecule has 0 amide bonds. The minimum absolute atomic E-state index is 0.225. The topological polar surface area (TPSA) is 67.9 Å². The van der Waals surface area contributed by atoms with Crippen molar-refractivity contribution in [3.8, 4) is 5.75 Å². The van der Waals surface area contributed by atoms with E-state index in [2.05, 4.69) is 5.32 Å². The lowest BCUT2D eigenvalue weighted by atomic mass is 10.2. The highest BCUT2D eigenvalue weighted by Gasteiger charge is 2.29. The maximum absolute atomic E-state index is 14.2. The second kappa shape index (κ2) is 8.03. The number of benzene rings is 2. The Hall–Kier alpha value is -2.16. The molecule has 0 atom stereocenters. The number of hydrogen-bond acceptors (Lipinski definition) is 5. The number of nitrogens with zero attached hydrogens (tertiary/aromatic N) is 1. The van der Waals surface area contributed by atoms with Crippen LogP contribution in [0.25, 0.3) is 0 Å². The number of rotatable bonds is 6. The molecule has 0 saturated carbocycles. The third-order valence-electron chi connectivity index (χ3n) is 4.15. The van der Waals surface area contributed by atoms with Crippen molar-refractivity contribution in [2.45, 2.75) is 11.4 Å². The van der Waals surface area contributed by atoms with Gasteiger partial charge in [-0.3, -0.25) is 0 Å². The lowest BCUT2D eigenvalue weighted by Gasteiger charge is -2.26. The zero-order chi connectivity index (χ0) is 18.6. The zero-order valence-corrected chi connectivity index (χ0v) is 15.3. The highest BCUT2D eigenvalue weighted by atomic mass is 32.2. The second-order valence-corrected chi connectivity index (χ2v) is 7.77. The summed E-state index contributed by atoms with van der Waals surface area (Å²) >= 11 is 0. The van der Waals surface area contributed by atoms with Crippen LogP contribution >= 0.6 is 0 Å². The summed E-state index contributed by atoms with van der Waals surface area (Å²) in [6.45, 7) is 1.54. The molecule has 3 rings (SSSR count). The SMILES string of the molecule is COc1cccc(CNc2ccc(F)c(S(=O)(=O)N3CCOCC3)c2)c1. The lowest BCUT2D eigenvalue weighted by Crippen LogP contribution is -2.40. The van der Waals surface area contributed by atoms with Crippen molar-refractivity contribution in [3.63, 3.8) is 0 Å². The van der Waals surface area contributed by atoms with Gasteiger partial charge in [-0.25, -0.2) is 12.8 Å². The summed E-state index contributed by atoms with van der Waals surface area (Å²) in [6.07, 6.45) is 0. The van der Waals surface area contributed by atoms with Crippen LogP contribution in [-0.4, -0.2) is 46.1 Å². The Balaban J connectivity index is 1.78. The number of halogens is 1. The molecule has 1 fully saturated rings. The maximum Gasteiger partial charge on any atom is 0.246 e. The quantitative estimate of drug-likeness (QED) is 0.834. The molecule has 140 valence electrons. The molecule has 0 bridgehead atoms. The molecule has 26 heavy (non-hydrogen) atoms. The van der Waals surface area contributed by atoms with Gasteiger partial charge in [0.1, 0.15) is 16.5 Å². The van der Waals surface area contributed by atoms with Crippen LogP contribution in [0.4, 0.5) is 10.1 Å². The first-order valence-electron chi connectivity index (χ1n) is 8.25. The average Bonchev–Trinajstić information content (AvgIpc) is 2.68. The van der Waals surface area contributed by atoms with Crippen LogP contribution in [0.15, 0.2) is 47.4 Å². The number of morpholine rings is 1. The zero-order valence-electron chi connectivity index (χ0n) is 14.4. The van der Waals surface area contributed by atoms with Gasteiger partial charge < -0.3 is 14.8 Å². The third kappa shape index (κ3) is 4.14. The molecule has 0 unspecified atom stereocenters. The first kappa shape index (κ1) is 18.6. The molecule has 0 aromatic heterocycles. The van der Waals surface area contributed by atoms with Crippen molar-refractivity contribution in [3.05, 3.63) is 53.8 Å². The van der Waals surface area contributed by atoms with Crippen LogP contribution in [0.2, 0.25) is 0 Å². The van der Waals surface area contributed by atoms with Crippen molar-refractivity contribution in [2.75, 3.05) is 38.7 Å². The van der Waals surface area contributed by atoms with Crippen LogP contribution < -0.4 is 10.1 Å². The molecule has 8 heteroatoms. The molecule has 0 radical (unpaired) electrons. The van der Waals surface area contributed by atoms with Gasteiger partial charge in [0.15, 0.2) is 0 Å². The largest absolute Gasteiger partial charge is 0.497 e. The Labute approximate surface area is 152 Å². The van der Waals surface area contributed by atoms with E-state index in [1.54, 1.807) is 7.11 Å². The van der Waals surface area contributed by atoms with Gasteiger partial charge in [-0.15, -0.1) is 0 Å². The summed E-state index contributed by atoms with van der Waals surface area (Å²) in [5.74, 6) is -0.0255. The van der Waals surface area contributed by atoms with E-state index in [0.717, 1.165) is 11.3 Å². The summed E-state index contributed by atoms with van der Waals surface area (Å²) in [5, 5.41) is 3.13. The predicted molar refractivity (Wildman–Crippen MR) is 96.3 cm³/mol. The first-order chi connectivity index (χ1) is 12.5. The van der Waals surface area contributed by atoms with Crippen molar-refractivity contribution in [2.24, 2.45) is 0 Å². The second-order valence-electron chi connectivity index (χ2n) is 5.87. The van der Waals surface area contributed by atoms with Gasteiger partial charge in [-0.1, -0.05) is 12.1 Å². The molecule has 2 aromatic rings. The standard InChI is InChI=1S/C18H21FN2O4S/c1-24-16-4-2-3-14(11-16)13-20-15-5-6-17(19)18(12-15)26(22,23)21-7-9-25-10-8-21/h2-6,11-12,20H,7-10,13H2,1H3. The molecule has 0 aliphatic carbocycles.